The van der Waals surface area contributed by atoms with Crippen LogP contribution in [-0.4, -0.2) is 59.4 Å². The first-order valence-electron chi connectivity index (χ1n) is 9.65. The van der Waals surface area contributed by atoms with Gasteiger partial charge < -0.3 is 24.4 Å². The molecule has 26 heavy (non-hydrogen) atoms. The molecule has 2 aliphatic carbocycles. The summed E-state index contributed by atoms with van der Waals surface area (Å²) in [5.74, 6) is 0.0206. The largest absolute Gasteiger partial charge is 0.458 e. The Kier molecular flexibility index (Phi) is 4.09. The molecule has 0 radical (unpaired) electrons. The van der Waals surface area contributed by atoms with Crippen LogP contribution >= 0.6 is 0 Å². The molecule has 4 rings (SSSR count). The number of hydrogen-bond acceptors (Lipinski definition) is 6. The van der Waals surface area contributed by atoms with Crippen molar-refractivity contribution < 1.29 is 29.2 Å². The van der Waals surface area contributed by atoms with Crippen LogP contribution in [0.3, 0.4) is 0 Å². The fourth-order valence-electron chi connectivity index (χ4n) is 5.69. The highest BCUT2D eigenvalue weighted by Gasteiger charge is 2.81. The first-order valence-corrected chi connectivity index (χ1v) is 9.65. The molecule has 2 bridgehead atoms. The first kappa shape index (κ1) is 18.4. The van der Waals surface area contributed by atoms with E-state index in [-0.39, 0.29) is 36.8 Å². The van der Waals surface area contributed by atoms with Gasteiger partial charge in [-0.1, -0.05) is 26.8 Å². The molecule has 6 heteroatoms. The Bertz CT molecular complexity index is 638. The Labute approximate surface area is 154 Å². The van der Waals surface area contributed by atoms with Gasteiger partial charge in [0.25, 0.3) is 0 Å². The van der Waals surface area contributed by atoms with Gasteiger partial charge in [-0.25, -0.2) is 0 Å². The van der Waals surface area contributed by atoms with Gasteiger partial charge in [-0.2, -0.15) is 0 Å². The van der Waals surface area contributed by atoms with Crippen LogP contribution in [0.25, 0.3) is 0 Å². The molecule has 0 amide bonds. The molecule has 2 N–H and O–H groups in total. The Hall–Kier alpha value is -0.950. The normalized spacial score (nSPS) is 49.1. The van der Waals surface area contributed by atoms with Crippen molar-refractivity contribution in [3.05, 3.63) is 11.6 Å². The van der Waals surface area contributed by atoms with E-state index >= 15 is 0 Å². The molecule has 7 atom stereocenters. The number of aliphatic hydroxyl groups excluding tert-OH is 2. The van der Waals surface area contributed by atoms with E-state index < -0.39 is 22.5 Å². The minimum absolute atomic E-state index is 0.0965. The van der Waals surface area contributed by atoms with E-state index in [2.05, 4.69) is 6.92 Å². The minimum Gasteiger partial charge on any atom is -0.458 e. The van der Waals surface area contributed by atoms with E-state index in [9.17, 15) is 15.0 Å². The summed E-state index contributed by atoms with van der Waals surface area (Å²) >= 11 is 0. The monoisotopic (exact) mass is 366 g/mol. The zero-order valence-electron chi connectivity index (χ0n) is 16.0. The van der Waals surface area contributed by atoms with Gasteiger partial charge in [0.1, 0.15) is 17.8 Å². The SMILES string of the molecule is CC1=C[C@H]2O[C@@H]3[C@H](O)C[C@](C)([C@@]2(CO)C[C@@H]1OC(=O)CC(C)C)[C@]31CO1. The molecule has 6 nitrogen and oxygen atoms in total. The smallest absolute Gasteiger partial charge is 0.306 e. The molecule has 3 fully saturated rings. The lowest BCUT2D eigenvalue weighted by Crippen LogP contribution is -2.65. The van der Waals surface area contributed by atoms with E-state index in [0.29, 0.717) is 25.9 Å². The van der Waals surface area contributed by atoms with Crippen LogP contribution in [0, 0.1) is 16.7 Å². The summed E-state index contributed by atoms with van der Waals surface area (Å²) in [7, 11) is 0. The summed E-state index contributed by atoms with van der Waals surface area (Å²) in [5.41, 5.74) is -0.653. The number of carbonyl (C=O) groups excluding carboxylic acids is 1. The molecule has 0 aromatic carbocycles. The highest BCUT2D eigenvalue weighted by atomic mass is 16.6. The van der Waals surface area contributed by atoms with Crippen LogP contribution < -0.4 is 0 Å². The lowest BCUT2D eigenvalue weighted by atomic mass is 9.51. The zero-order valence-corrected chi connectivity index (χ0v) is 16.0. The van der Waals surface area contributed by atoms with Crippen molar-refractivity contribution in [2.24, 2.45) is 16.7 Å². The molecular weight excluding hydrogens is 336 g/mol. The van der Waals surface area contributed by atoms with Gasteiger partial charge in [-0.05, 0) is 31.3 Å². The van der Waals surface area contributed by atoms with Crippen LogP contribution in [0.4, 0.5) is 0 Å². The molecule has 2 heterocycles. The highest BCUT2D eigenvalue weighted by Crippen LogP contribution is 2.71. The maximum Gasteiger partial charge on any atom is 0.306 e. The topological polar surface area (TPSA) is 88.5 Å². The first-order chi connectivity index (χ1) is 12.2. The molecular formula is C20H30O6. The predicted octanol–water partition coefficient (Wildman–Crippen LogP) is 1.58. The summed E-state index contributed by atoms with van der Waals surface area (Å²) in [4.78, 5) is 12.2. The Balaban J connectivity index is 1.68. The zero-order chi connectivity index (χ0) is 18.9. The Morgan fingerprint density at radius 1 is 1.42 bits per heavy atom. The molecule has 0 aromatic rings. The number of rotatable bonds is 4. The van der Waals surface area contributed by atoms with Gasteiger partial charge in [-0.3, -0.25) is 4.79 Å². The van der Waals surface area contributed by atoms with E-state index in [1.54, 1.807) is 0 Å². The number of epoxide rings is 1. The molecule has 0 aromatic heterocycles. The van der Waals surface area contributed by atoms with Crippen molar-refractivity contribution in [2.75, 3.05) is 13.2 Å². The second-order valence-corrected chi connectivity index (χ2v) is 9.26. The maximum absolute atomic E-state index is 12.2. The maximum atomic E-state index is 12.2. The van der Waals surface area contributed by atoms with Crippen molar-refractivity contribution in [2.45, 2.75) is 77.0 Å². The second kappa shape index (κ2) is 5.77. The average Bonchev–Trinajstić information content (AvgIpc) is 3.31. The molecule has 4 aliphatic rings. The lowest BCUT2D eigenvalue weighted by Gasteiger charge is -2.58. The second-order valence-electron chi connectivity index (χ2n) is 9.26. The van der Waals surface area contributed by atoms with E-state index in [0.717, 1.165) is 5.57 Å². The van der Waals surface area contributed by atoms with Crippen LogP contribution in [0.5, 0.6) is 0 Å². The summed E-state index contributed by atoms with van der Waals surface area (Å²) in [6.07, 6.45) is 1.71. The predicted molar refractivity (Wildman–Crippen MR) is 93.3 cm³/mol. The van der Waals surface area contributed by atoms with Crippen molar-refractivity contribution in [3.8, 4) is 0 Å². The summed E-state index contributed by atoms with van der Waals surface area (Å²) in [5, 5.41) is 21.1. The van der Waals surface area contributed by atoms with E-state index in [4.69, 9.17) is 14.2 Å². The van der Waals surface area contributed by atoms with Crippen LogP contribution in [-0.2, 0) is 19.0 Å². The van der Waals surface area contributed by atoms with Crippen molar-refractivity contribution in [3.63, 3.8) is 0 Å². The molecule has 1 spiro atoms. The third-order valence-electron chi connectivity index (χ3n) is 7.36. The minimum atomic E-state index is -0.639. The average molecular weight is 366 g/mol. The number of ether oxygens (including phenoxy) is 3. The van der Waals surface area contributed by atoms with Gasteiger partial charge in [0, 0.05) is 17.3 Å². The number of carbonyl (C=O) groups is 1. The third-order valence-corrected chi connectivity index (χ3v) is 7.36. The fourth-order valence-corrected chi connectivity index (χ4v) is 5.69. The van der Waals surface area contributed by atoms with Gasteiger partial charge in [0.05, 0.1) is 25.4 Å². The Morgan fingerprint density at radius 3 is 2.69 bits per heavy atom. The number of fused-ring (bicyclic) bond motifs is 2. The van der Waals surface area contributed by atoms with Gasteiger partial charge in [0.2, 0.25) is 0 Å². The van der Waals surface area contributed by atoms with E-state index in [1.807, 2.05) is 26.8 Å². The van der Waals surface area contributed by atoms with E-state index in [1.165, 1.54) is 0 Å². The number of aliphatic hydroxyl groups is 2. The highest BCUT2D eigenvalue weighted by molar-refractivity contribution is 5.70. The molecule has 1 saturated carbocycles. The number of esters is 1. The fraction of sp³-hybridized carbons (Fsp3) is 0.850. The standard InChI is InChI=1S/C20H30O6/c1-11(2)5-16(23)25-14-8-19(9-21)15(6-12(14)3)26-17-13(22)7-18(19,4)20(17)10-24-20/h6,11,13-15,17,21-22H,5,7-10H2,1-4H3/t13-,14+,15-,17-,18-,19-,20+/m1/s1. The molecule has 2 aliphatic heterocycles. The van der Waals surface area contributed by atoms with Crippen molar-refractivity contribution in [1.29, 1.82) is 0 Å². The van der Waals surface area contributed by atoms with Gasteiger partial charge in [-0.15, -0.1) is 0 Å². The lowest BCUT2D eigenvalue weighted by molar-refractivity contribution is -0.226. The molecule has 146 valence electrons. The quantitative estimate of drug-likeness (QED) is 0.446. The molecule has 0 unspecified atom stereocenters. The van der Waals surface area contributed by atoms with Gasteiger partial charge >= 0.3 is 5.97 Å². The van der Waals surface area contributed by atoms with Gasteiger partial charge in [0.15, 0.2) is 0 Å². The van der Waals surface area contributed by atoms with Crippen LogP contribution in [0.2, 0.25) is 0 Å². The number of hydrogen-bond donors (Lipinski definition) is 2. The third kappa shape index (κ3) is 2.22. The molecule has 2 saturated heterocycles. The summed E-state index contributed by atoms with van der Waals surface area (Å²) in [6.45, 7) is 8.45. The summed E-state index contributed by atoms with van der Waals surface area (Å²) < 4.78 is 17.9. The summed E-state index contributed by atoms with van der Waals surface area (Å²) in [6, 6.07) is 0. The Morgan fingerprint density at radius 2 is 2.12 bits per heavy atom. The van der Waals surface area contributed by atoms with Crippen LogP contribution in [0.1, 0.15) is 47.0 Å². The van der Waals surface area contributed by atoms with Crippen molar-refractivity contribution in [1.82, 2.24) is 0 Å². The van der Waals surface area contributed by atoms with Crippen molar-refractivity contribution >= 4 is 5.97 Å². The van der Waals surface area contributed by atoms with Crippen LogP contribution in [0.15, 0.2) is 11.6 Å².